The molecule has 1 N–H and O–H groups in total. The Labute approximate surface area is 167 Å². The van der Waals surface area contributed by atoms with E-state index in [9.17, 15) is 9.59 Å². The Bertz CT molecular complexity index is 966. The number of esters is 1. The Morgan fingerprint density at radius 2 is 1.86 bits per heavy atom. The molecule has 28 heavy (non-hydrogen) atoms. The van der Waals surface area contributed by atoms with Gasteiger partial charge in [0.05, 0.1) is 23.2 Å². The number of carbonyl (C=O) groups excluding carboxylic acids is 2. The summed E-state index contributed by atoms with van der Waals surface area (Å²) < 4.78 is 10.9. The summed E-state index contributed by atoms with van der Waals surface area (Å²) in [5, 5.41) is 3.73. The van der Waals surface area contributed by atoms with Gasteiger partial charge in [0.2, 0.25) is 5.91 Å². The van der Waals surface area contributed by atoms with Gasteiger partial charge in [-0.3, -0.25) is 9.59 Å². The molecule has 0 bridgehead atoms. The van der Waals surface area contributed by atoms with Crippen LogP contribution in [0.2, 0.25) is 0 Å². The maximum Gasteiger partial charge on any atom is 0.306 e. The topological polar surface area (TPSA) is 77.5 Å². The molecule has 1 heterocycles. The Hall–Kier alpha value is -2.77. The summed E-state index contributed by atoms with van der Waals surface area (Å²) in [6.45, 7) is 2.61. The van der Waals surface area contributed by atoms with Crippen molar-refractivity contribution in [3.8, 4) is 10.6 Å². The molecule has 3 rings (SSSR count). The van der Waals surface area contributed by atoms with Crippen molar-refractivity contribution < 1.29 is 19.1 Å². The molecule has 0 saturated carbocycles. The third-order valence-electron chi connectivity index (χ3n) is 4.07. The average molecular weight is 398 g/mol. The van der Waals surface area contributed by atoms with Crippen LogP contribution in [0.5, 0.6) is 0 Å². The van der Waals surface area contributed by atoms with Crippen LogP contribution in [0.25, 0.3) is 20.8 Å². The van der Waals surface area contributed by atoms with Crippen molar-refractivity contribution in [1.29, 1.82) is 0 Å². The van der Waals surface area contributed by atoms with Gasteiger partial charge in [-0.2, -0.15) is 0 Å². The van der Waals surface area contributed by atoms with Gasteiger partial charge in [0, 0.05) is 24.8 Å². The second kappa shape index (κ2) is 9.43. The summed E-state index contributed by atoms with van der Waals surface area (Å²) in [5.74, 6) is -0.638. The van der Waals surface area contributed by atoms with Crippen LogP contribution in [0.1, 0.15) is 18.4 Å². The van der Waals surface area contributed by atoms with Gasteiger partial charge < -0.3 is 14.8 Å². The number of fused-ring (bicyclic) bond motifs is 1. The maximum atomic E-state index is 12.0. The number of thiazole rings is 1. The molecule has 2 aromatic carbocycles. The molecular formula is C21H22N2O4S. The van der Waals surface area contributed by atoms with E-state index in [2.05, 4.69) is 29.4 Å². The maximum absolute atomic E-state index is 12.0. The van der Waals surface area contributed by atoms with Crippen molar-refractivity contribution in [2.75, 3.05) is 25.6 Å². The van der Waals surface area contributed by atoms with Gasteiger partial charge in [0.15, 0.2) is 0 Å². The fourth-order valence-corrected chi connectivity index (χ4v) is 3.67. The van der Waals surface area contributed by atoms with Crippen LogP contribution in [-0.4, -0.2) is 37.2 Å². The highest BCUT2D eigenvalue weighted by Gasteiger charge is 2.10. The van der Waals surface area contributed by atoms with Gasteiger partial charge in [-0.05, 0) is 48.9 Å². The number of hydrogen-bond acceptors (Lipinski definition) is 6. The highest BCUT2D eigenvalue weighted by molar-refractivity contribution is 7.21. The monoisotopic (exact) mass is 398 g/mol. The lowest BCUT2D eigenvalue weighted by Gasteiger charge is -2.06. The number of hydrogen-bond donors (Lipinski definition) is 1. The van der Waals surface area contributed by atoms with E-state index in [4.69, 9.17) is 9.47 Å². The van der Waals surface area contributed by atoms with Crippen LogP contribution in [0.4, 0.5) is 5.69 Å². The number of benzene rings is 2. The van der Waals surface area contributed by atoms with E-state index in [-0.39, 0.29) is 25.4 Å². The third-order valence-corrected chi connectivity index (χ3v) is 5.13. The number of amides is 1. The lowest BCUT2D eigenvalue weighted by atomic mass is 10.2. The molecule has 0 radical (unpaired) electrons. The van der Waals surface area contributed by atoms with Crippen molar-refractivity contribution in [2.24, 2.45) is 0 Å². The number of methoxy groups -OCH3 is 1. The van der Waals surface area contributed by atoms with Gasteiger partial charge >= 0.3 is 5.97 Å². The lowest BCUT2D eigenvalue weighted by molar-refractivity contribution is -0.145. The number of aromatic nitrogens is 1. The number of nitrogens with zero attached hydrogens (tertiary/aromatic N) is 1. The highest BCUT2D eigenvalue weighted by Crippen LogP contribution is 2.31. The molecule has 0 aliphatic heterocycles. The quantitative estimate of drug-likeness (QED) is 0.455. The molecule has 0 aliphatic carbocycles. The summed E-state index contributed by atoms with van der Waals surface area (Å²) in [6.07, 6.45) is 0.115. The van der Waals surface area contributed by atoms with Crippen LogP contribution in [-0.2, 0) is 19.1 Å². The standard InChI is InChI=1S/C21H22N2O4S/c1-14-3-8-17-18(13-14)28-21(23-17)15-4-6-16(7-5-15)22-19(24)9-10-20(25)27-12-11-26-2/h3-8,13H,9-12H2,1-2H3,(H,22,24). The summed E-state index contributed by atoms with van der Waals surface area (Å²) in [5.41, 5.74) is 3.88. The van der Waals surface area contributed by atoms with Crippen LogP contribution in [0.15, 0.2) is 42.5 Å². The summed E-state index contributed by atoms with van der Waals surface area (Å²) >= 11 is 1.64. The molecular weight excluding hydrogens is 376 g/mol. The first-order chi connectivity index (χ1) is 13.5. The number of rotatable bonds is 8. The van der Waals surface area contributed by atoms with Gasteiger partial charge in [-0.15, -0.1) is 11.3 Å². The summed E-state index contributed by atoms with van der Waals surface area (Å²) in [4.78, 5) is 28.2. The van der Waals surface area contributed by atoms with Crippen LogP contribution in [0, 0.1) is 6.92 Å². The predicted octanol–water partition coefficient (Wildman–Crippen LogP) is 4.18. The first-order valence-corrected chi connectivity index (χ1v) is 9.79. The molecule has 0 unspecified atom stereocenters. The average Bonchev–Trinajstić information content (AvgIpc) is 3.10. The van der Waals surface area contributed by atoms with Crippen molar-refractivity contribution in [3.05, 3.63) is 48.0 Å². The van der Waals surface area contributed by atoms with Crippen LogP contribution >= 0.6 is 11.3 Å². The largest absolute Gasteiger partial charge is 0.463 e. The summed E-state index contributed by atoms with van der Waals surface area (Å²) in [7, 11) is 1.53. The molecule has 0 spiro atoms. The zero-order valence-electron chi connectivity index (χ0n) is 15.9. The van der Waals surface area contributed by atoms with E-state index in [1.165, 1.54) is 12.7 Å². The molecule has 6 nitrogen and oxygen atoms in total. The molecule has 3 aromatic rings. The zero-order valence-corrected chi connectivity index (χ0v) is 16.7. The Balaban J connectivity index is 1.55. The van der Waals surface area contributed by atoms with E-state index in [1.807, 2.05) is 30.3 Å². The van der Waals surface area contributed by atoms with E-state index in [0.29, 0.717) is 12.3 Å². The molecule has 0 aliphatic rings. The van der Waals surface area contributed by atoms with Crippen molar-refractivity contribution in [2.45, 2.75) is 19.8 Å². The molecule has 1 aromatic heterocycles. The number of aryl methyl sites for hydroxylation is 1. The molecule has 0 fully saturated rings. The van der Waals surface area contributed by atoms with Crippen molar-refractivity contribution >= 4 is 39.1 Å². The molecule has 0 saturated heterocycles. The van der Waals surface area contributed by atoms with Crippen molar-refractivity contribution in [3.63, 3.8) is 0 Å². The minimum atomic E-state index is -0.409. The van der Waals surface area contributed by atoms with Gasteiger partial charge in [0.1, 0.15) is 11.6 Å². The minimum Gasteiger partial charge on any atom is -0.463 e. The van der Waals surface area contributed by atoms with E-state index < -0.39 is 5.97 Å². The fourth-order valence-electron chi connectivity index (χ4n) is 2.60. The predicted molar refractivity (Wildman–Crippen MR) is 110 cm³/mol. The second-order valence-electron chi connectivity index (χ2n) is 6.33. The SMILES string of the molecule is COCCOC(=O)CCC(=O)Nc1ccc(-c2nc3ccc(C)cc3s2)cc1. The molecule has 1 amide bonds. The number of carbonyl (C=O) groups is 2. The smallest absolute Gasteiger partial charge is 0.306 e. The minimum absolute atomic E-state index is 0.0404. The first kappa shape index (κ1) is 20.0. The van der Waals surface area contributed by atoms with E-state index >= 15 is 0 Å². The number of ether oxygens (including phenoxy) is 2. The Morgan fingerprint density at radius 1 is 1.07 bits per heavy atom. The fraction of sp³-hybridized carbons (Fsp3) is 0.286. The Morgan fingerprint density at radius 3 is 2.61 bits per heavy atom. The Kier molecular flexibility index (Phi) is 6.73. The lowest BCUT2D eigenvalue weighted by Crippen LogP contribution is -2.15. The number of nitrogens with one attached hydrogen (secondary N) is 1. The zero-order chi connectivity index (χ0) is 19.9. The molecule has 0 atom stereocenters. The molecule has 146 valence electrons. The van der Waals surface area contributed by atoms with Gasteiger partial charge in [0.25, 0.3) is 0 Å². The highest BCUT2D eigenvalue weighted by atomic mass is 32.1. The number of anilines is 1. The molecule has 7 heteroatoms. The van der Waals surface area contributed by atoms with E-state index in [0.717, 1.165) is 20.8 Å². The van der Waals surface area contributed by atoms with Gasteiger partial charge in [-0.25, -0.2) is 4.98 Å². The van der Waals surface area contributed by atoms with Crippen molar-refractivity contribution in [1.82, 2.24) is 4.98 Å². The van der Waals surface area contributed by atoms with E-state index in [1.54, 1.807) is 11.3 Å². The van der Waals surface area contributed by atoms with Crippen LogP contribution in [0.3, 0.4) is 0 Å². The normalized spacial score (nSPS) is 10.8. The van der Waals surface area contributed by atoms with Gasteiger partial charge in [-0.1, -0.05) is 6.07 Å². The first-order valence-electron chi connectivity index (χ1n) is 8.97. The van der Waals surface area contributed by atoms with Crippen LogP contribution < -0.4 is 5.32 Å². The second-order valence-corrected chi connectivity index (χ2v) is 7.36. The summed E-state index contributed by atoms with van der Waals surface area (Å²) in [6, 6.07) is 13.7. The third kappa shape index (κ3) is 5.37.